The molecule has 2 aromatic rings. The first-order valence-corrected chi connectivity index (χ1v) is 7.68. The molecule has 1 aromatic carbocycles. The number of amides is 2. The number of carbonyl (C=O) groups excluding carboxylic acids is 1. The highest BCUT2D eigenvalue weighted by atomic mass is 16.5. The first-order valence-electron chi connectivity index (χ1n) is 7.68. The normalized spacial score (nSPS) is 10.4. The first kappa shape index (κ1) is 16.8. The summed E-state index contributed by atoms with van der Waals surface area (Å²) < 4.78 is 10.9. The Morgan fingerprint density at radius 1 is 1.26 bits per heavy atom. The molecule has 0 fully saturated rings. The second-order valence-corrected chi connectivity index (χ2v) is 4.86. The molecule has 0 unspecified atom stereocenters. The lowest BCUT2D eigenvalue weighted by atomic mass is 10.2. The highest BCUT2D eigenvalue weighted by Crippen LogP contribution is 2.28. The van der Waals surface area contributed by atoms with E-state index >= 15 is 0 Å². The van der Waals surface area contributed by atoms with E-state index in [-0.39, 0.29) is 6.03 Å². The third-order valence-electron chi connectivity index (χ3n) is 3.47. The van der Waals surface area contributed by atoms with Crippen molar-refractivity contribution in [3.05, 3.63) is 30.2 Å². The molecule has 23 heavy (non-hydrogen) atoms. The lowest BCUT2D eigenvalue weighted by Crippen LogP contribution is -2.40. The third kappa shape index (κ3) is 4.21. The smallest absolute Gasteiger partial charge is 0.317 e. The summed E-state index contributed by atoms with van der Waals surface area (Å²) in [5, 5.41) is 10.9. The van der Waals surface area contributed by atoms with Gasteiger partial charge in [-0.1, -0.05) is 12.1 Å². The molecule has 7 nitrogen and oxygen atoms in total. The molecule has 1 aromatic heterocycles. The molecule has 0 spiro atoms. The van der Waals surface area contributed by atoms with E-state index in [9.17, 15) is 4.79 Å². The van der Waals surface area contributed by atoms with Crippen LogP contribution in [0, 0.1) is 0 Å². The Morgan fingerprint density at radius 3 is 2.70 bits per heavy atom. The number of aromatic nitrogens is 2. The summed E-state index contributed by atoms with van der Waals surface area (Å²) in [5.41, 5.74) is 0.751. The van der Waals surface area contributed by atoms with Gasteiger partial charge in [-0.25, -0.2) is 4.79 Å². The van der Waals surface area contributed by atoms with E-state index in [0.29, 0.717) is 43.6 Å². The van der Waals surface area contributed by atoms with Crippen molar-refractivity contribution in [2.45, 2.75) is 20.3 Å². The van der Waals surface area contributed by atoms with Crippen molar-refractivity contribution in [2.24, 2.45) is 0 Å². The van der Waals surface area contributed by atoms with Gasteiger partial charge in [0.1, 0.15) is 5.75 Å². The van der Waals surface area contributed by atoms with Crippen LogP contribution < -0.4 is 10.1 Å². The zero-order chi connectivity index (χ0) is 16.7. The monoisotopic (exact) mass is 318 g/mol. The highest BCUT2D eigenvalue weighted by molar-refractivity contribution is 5.74. The summed E-state index contributed by atoms with van der Waals surface area (Å²) in [6.07, 6.45) is 0.481. The predicted molar refractivity (Wildman–Crippen MR) is 86.3 cm³/mol. The SMILES string of the molecule is CCN(CC)C(=O)NCCc1nnc(-c2ccccc2OC)o1. The number of ether oxygens (including phenoxy) is 1. The lowest BCUT2D eigenvalue weighted by Gasteiger charge is -2.18. The fourth-order valence-corrected chi connectivity index (χ4v) is 2.18. The average Bonchev–Trinajstić information content (AvgIpc) is 3.04. The molecule has 0 radical (unpaired) electrons. The molecule has 2 rings (SSSR count). The minimum atomic E-state index is -0.0838. The van der Waals surface area contributed by atoms with Crippen LogP contribution >= 0.6 is 0 Å². The van der Waals surface area contributed by atoms with Crippen molar-refractivity contribution in [1.82, 2.24) is 20.4 Å². The fourth-order valence-electron chi connectivity index (χ4n) is 2.18. The zero-order valence-electron chi connectivity index (χ0n) is 13.7. The number of rotatable bonds is 7. The molecular weight excluding hydrogens is 296 g/mol. The van der Waals surface area contributed by atoms with Gasteiger partial charge in [-0.2, -0.15) is 0 Å². The van der Waals surface area contributed by atoms with E-state index in [2.05, 4.69) is 15.5 Å². The van der Waals surface area contributed by atoms with Crippen LogP contribution in [0.2, 0.25) is 0 Å². The largest absolute Gasteiger partial charge is 0.496 e. The topological polar surface area (TPSA) is 80.5 Å². The second kappa shape index (κ2) is 8.17. The summed E-state index contributed by atoms with van der Waals surface area (Å²) in [4.78, 5) is 13.6. The van der Waals surface area contributed by atoms with Gasteiger partial charge in [0.15, 0.2) is 0 Å². The van der Waals surface area contributed by atoms with Crippen molar-refractivity contribution in [2.75, 3.05) is 26.7 Å². The molecule has 7 heteroatoms. The van der Waals surface area contributed by atoms with Crippen LogP contribution in [0.5, 0.6) is 5.75 Å². The summed E-state index contributed by atoms with van der Waals surface area (Å²) in [6.45, 7) is 5.70. The van der Waals surface area contributed by atoms with Crippen LogP contribution in [0.15, 0.2) is 28.7 Å². The van der Waals surface area contributed by atoms with Crippen LogP contribution in [0.3, 0.4) is 0 Å². The van der Waals surface area contributed by atoms with E-state index in [4.69, 9.17) is 9.15 Å². The molecule has 124 valence electrons. The van der Waals surface area contributed by atoms with E-state index in [1.807, 2.05) is 38.1 Å². The maximum atomic E-state index is 11.8. The van der Waals surface area contributed by atoms with Gasteiger partial charge in [0, 0.05) is 26.1 Å². The van der Waals surface area contributed by atoms with Crippen molar-refractivity contribution >= 4 is 6.03 Å². The van der Waals surface area contributed by atoms with Gasteiger partial charge in [-0.15, -0.1) is 10.2 Å². The summed E-state index contributed by atoms with van der Waals surface area (Å²) >= 11 is 0. The average molecular weight is 318 g/mol. The molecule has 0 atom stereocenters. The Labute approximate surface area is 135 Å². The van der Waals surface area contributed by atoms with Gasteiger partial charge in [0.25, 0.3) is 5.89 Å². The Morgan fingerprint density at radius 2 is 2.00 bits per heavy atom. The Bertz CT molecular complexity index is 638. The standard InChI is InChI=1S/C16H22N4O3/c1-4-20(5-2)16(21)17-11-10-14-18-19-15(23-14)12-8-6-7-9-13(12)22-3/h6-9H,4-5,10-11H2,1-3H3,(H,17,21). The number of carbonyl (C=O) groups is 1. The molecule has 1 N–H and O–H groups in total. The number of methoxy groups -OCH3 is 1. The zero-order valence-corrected chi connectivity index (χ0v) is 13.7. The minimum absolute atomic E-state index is 0.0838. The molecule has 0 aliphatic carbocycles. The van der Waals surface area contributed by atoms with Crippen molar-refractivity contribution in [3.63, 3.8) is 0 Å². The molecule has 0 saturated heterocycles. The number of hydrogen-bond donors (Lipinski definition) is 1. The molecule has 0 saturated carbocycles. The van der Waals surface area contributed by atoms with Crippen LogP contribution in [-0.2, 0) is 6.42 Å². The van der Waals surface area contributed by atoms with Gasteiger partial charge in [0.05, 0.1) is 12.7 Å². The van der Waals surface area contributed by atoms with Crippen molar-refractivity contribution in [3.8, 4) is 17.2 Å². The highest BCUT2D eigenvalue weighted by Gasteiger charge is 2.13. The minimum Gasteiger partial charge on any atom is -0.496 e. The molecular formula is C16H22N4O3. The molecule has 0 bridgehead atoms. The Balaban J connectivity index is 1.94. The summed E-state index contributed by atoms with van der Waals surface area (Å²) in [6, 6.07) is 7.37. The van der Waals surface area contributed by atoms with Gasteiger partial charge in [0.2, 0.25) is 5.89 Å². The number of benzene rings is 1. The van der Waals surface area contributed by atoms with Crippen LogP contribution in [0.4, 0.5) is 4.79 Å². The van der Waals surface area contributed by atoms with Gasteiger partial charge in [-0.3, -0.25) is 0 Å². The van der Waals surface area contributed by atoms with Crippen molar-refractivity contribution in [1.29, 1.82) is 0 Å². The van der Waals surface area contributed by atoms with E-state index in [1.54, 1.807) is 12.0 Å². The van der Waals surface area contributed by atoms with Gasteiger partial charge < -0.3 is 19.4 Å². The summed E-state index contributed by atoms with van der Waals surface area (Å²) in [7, 11) is 1.60. The number of para-hydroxylation sites is 1. The molecule has 2 amide bonds. The molecule has 1 heterocycles. The van der Waals surface area contributed by atoms with Crippen LogP contribution in [0.1, 0.15) is 19.7 Å². The van der Waals surface area contributed by atoms with E-state index < -0.39 is 0 Å². The molecule has 0 aliphatic heterocycles. The lowest BCUT2D eigenvalue weighted by molar-refractivity contribution is 0.203. The quantitative estimate of drug-likeness (QED) is 0.847. The van der Waals surface area contributed by atoms with E-state index in [1.165, 1.54) is 0 Å². The number of hydrogen-bond acceptors (Lipinski definition) is 5. The van der Waals surface area contributed by atoms with Crippen molar-refractivity contribution < 1.29 is 13.9 Å². The number of nitrogens with one attached hydrogen (secondary N) is 1. The maximum Gasteiger partial charge on any atom is 0.317 e. The first-order chi connectivity index (χ1) is 11.2. The van der Waals surface area contributed by atoms with Gasteiger partial charge >= 0.3 is 6.03 Å². The van der Waals surface area contributed by atoms with Crippen LogP contribution in [-0.4, -0.2) is 47.9 Å². The number of urea groups is 1. The van der Waals surface area contributed by atoms with Crippen LogP contribution in [0.25, 0.3) is 11.5 Å². The second-order valence-electron chi connectivity index (χ2n) is 4.86. The molecule has 0 aliphatic rings. The third-order valence-corrected chi connectivity index (χ3v) is 3.47. The predicted octanol–water partition coefficient (Wildman–Crippen LogP) is 2.34. The number of nitrogens with zero attached hydrogens (tertiary/aromatic N) is 3. The van der Waals surface area contributed by atoms with Gasteiger partial charge in [-0.05, 0) is 26.0 Å². The Kier molecular flexibility index (Phi) is 5.96. The summed E-state index contributed by atoms with van der Waals surface area (Å²) in [5.74, 6) is 1.57. The van der Waals surface area contributed by atoms with E-state index in [0.717, 1.165) is 5.56 Å². The Hall–Kier alpha value is -2.57. The fraction of sp³-hybridized carbons (Fsp3) is 0.438. The maximum absolute atomic E-state index is 11.8.